The number of hydrogen-bond acceptors (Lipinski definition) is 4. The van der Waals surface area contributed by atoms with E-state index in [0.717, 1.165) is 0 Å². The SMILES string of the molecule is NC(N)OS(=O)O. The molecule has 0 aromatic carbocycles. The summed E-state index contributed by atoms with van der Waals surface area (Å²) in [7, 11) is 0. The molecule has 1 atom stereocenters. The summed E-state index contributed by atoms with van der Waals surface area (Å²) >= 11 is -2.35. The van der Waals surface area contributed by atoms with E-state index in [0.29, 0.717) is 0 Å². The van der Waals surface area contributed by atoms with Gasteiger partial charge in [-0.1, -0.05) is 0 Å². The Hall–Kier alpha value is -0.0100. The zero-order valence-electron chi connectivity index (χ0n) is 3.40. The van der Waals surface area contributed by atoms with Gasteiger partial charge in [0.2, 0.25) is 0 Å². The maximum absolute atomic E-state index is 9.54. The molecule has 5 N–H and O–H groups in total. The van der Waals surface area contributed by atoms with Crippen LogP contribution in [0.25, 0.3) is 0 Å². The Balaban J connectivity index is 3.13. The van der Waals surface area contributed by atoms with Gasteiger partial charge >= 0.3 is 11.4 Å². The van der Waals surface area contributed by atoms with Crippen LogP contribution in [0.3, 0.4) is 0 Å². The summed E-state index contributed by atoms with van der Waals surface area (Å²) in [5.74, 6) is 0. The summed E-state index contributed by atoms with van der Waals surface area (Å²) in [6, 6.07) is 0. The van der Waals surface area contributed by atoms with Crippen molar-refractivity contribution in [1.82, 2.24) is 0 Å². The highest BCUT2D eigenvalue weighted by molar-refractivity contribution is 7.74. The molecule has 0 aliphatic carbocycles. The minimum atomic E-state index is -2.35. The van der Waals surface area contributed by atoms with Crippen molar-refractivity contribution in [1.29, 1.82) is 0 Å². The molecule has 0 spiro atoms. The highest BCUT2D eigenvalue weighted by Crippen LogP contribution is 1.74. The van der Waals surface area contributed by atoms with Crippen molar-refractivity contribution in [3.05, 3.63) is 0 Å². The summed E-state index contributed by atoms with van der Waals surface area (Å²) < 4.78 is 21.2. The molecule has 0 aromatic rings. The van der Waals surface area contributed by atoms with Gasteiger partial charge in [0, 0.05) is 0 Å². The Morgan fingerprint density at radius 1 is 1.71 bits per heavy atom. The highest BCUT2D eigenvalue weighted by Gasteiger charge is 1.95. The summed E-state index contributed by atoms with van der Waals surface area (Å²) in [6.07, 6.45) is -1.18. The van der Waals surface area contributed by atoms with E-state index in [4.69, 9.17) is 16.0 Å². The van der Waals surface area contributed by atoms with Crippen LogP contribution in [0.15, 0.2) is 0 Å². The normalized spacial score (nSPS) is 14.9. The van der Waals surface area contributed by atoms with Gasteiger partial charge in [-0.15, -0.1) is 0 Å². The van der Waals surface area contributed by atoms with E-state index in [1.165, 1.54) is 0 Å². The number of nitrogens with two attached hydrogens (primary N) is 2. The Bertz CT molecular complexity index is 73.3. The van der Waals surface area contributed by atoms with Crippen molar-refractivity contribution in [3.63, 3.8) is 0 Å². The summed E-state index contributed by atoms with van der Waals surface area (Å²) in [5.41, 5.74) is 9.39. The maximum atomic E-state index is 9.54. The first-order valence-corrected chi connectivity index (χ1v) is 2.45. The lowest BCUT2D eigenvalue weighted by Gasteiger charge is -1.98. The molecule has 0 aliphatic heterocycles. The molecule has 0 aromatic heterocycles. The van der Waals surface area contributed by atoms with Crippen molar-refractivity contribution in [2.75, 3.05) is 0 Å². The third-order valence-electron chi connectivity index (χ3n) is 0.193. The molecule has 0 saturated heterocycles. The van der Waals surface area contributed by atoms with Crippen LogP contribution in [0.5, 0.6) is 0 Å². The molecule has 5 nitrogen and oxygen atoms in total. The summed E-state index contributed by atoms with van der Waals surface area (Å²) in [6.45, 7) is 0. The molecule has 44 valence electrons. The van der Waals surface area contributed by atoms with Crippen molar-refractivity contribution in [2.24, 2.45) is 11.5 Å². The van der Waals surface area contributed by atoms with Gasteiger partial charge in [-0.3, -0.25) is 16.0 Å². The average molecular weight is 126 g/mol. The minimum absolute atomic E-state index is 1.18. The van der Waals surface area contributed by atoms with Crippen molar-refractivity contribution in [2.45, 2.75) is 6.35 Å². The van der Waals surface area contributed by atoms with Gasteiger partial charge in [-0.05, 0) is 0 Å². The molecule has 0 heterocycles. The molecule has 0 aliphatic rings. The van der Waals surface area contributed by atoms with Crippen LogP contribution in [0, 0.1) is 0 Å². The van der Waals surface area contributed by atoms with E-state index in [1.807, 2.05) is 0 Å². The smallest absolute Gasteiger partial charge is 0.293 e. The van der Waals surface area contributed by atoms with Gasteiger partial charge < -0.3 is 0 Å². The molecule has 6 heteroatoms. The highest BCUT2D eigenvalue weighted by atomic mass is 32.2. The predicted molar refractivity (Wildman–Crippen MR) is 24.0 cm³/mol. The molecule has 0 amide bonds. The zero-order chi connectivity index (χ0) is 5.86. The molecule has 0 bridgehead atoms. The van der Waals surface area contributed by atoms with E-state index in [9.17, 15) is 4.21 Å². The second kappa shape index (κ2) is 3.05. The van der Waals surface area contributed by atoms with Crippen LogP contribution in [0.2, 0.25) is 0 Å². The van der Waals surface area contributed by atoms with Crippen LogP contribution < -0.4 is 11.5 Å². The van der Waals surface area contributed by atoms with Gasteiger partial charge in [0.05, 0.1) is 0 Å². The summed E-state index contributed by atoms with van der Waals surface area (Å²) in [5, 5.41) is 0. The third-order valence-corrected chi connectivity index (χ3v) is 0.580. The summed E-state index contributed by atoms with van der Waals surface area (Å²) in [4.78, 5) is 0. The molecular formula is CH6N2O3S. The van der Waals surface area contributed by atoms with E-state index in [-0.39, 0.29) is 0 Å². The van der Waals surface area contributed by atoms with E-state index < -0.39 is 17.7 Å². The Kier molecular flexibility index (Phi) is 3.05. The second-order valence-corrected chi connectivity index (χ2v) is 1.40. The topological polar surface area (TPSA) is 98.6 Å². The molecule has 0 radical (unpaired) electrons. The second-order valence-electron chi connectivity index (χ2n) is 0.778. The first-order chi connectivity index (χ1) is 3.13. The minimum Gasteiger partial charge on any atom is -0.293 e. The fourth-order valence-electron chi connectivity index (χ4n) is 0.0951. The average Bonchev–Trinajstić information content (AvgIpc) is 1.27. The van der Waals surface area contributed by atoms with E-state index >= 15 is 0 Å². The monoisotopic (exact) mass is 126 g/mol. The van der Waals surface area contributed by atoms with Gasteiger partial charge in [-0.2, -0.15) is 4.21 Å². The molecule has 0 rings (SSSR count). The van der Waals surface area contributed by atoms with Crippen LogP contribution in [0.1, 0.15) is 0 Å². The number of rotatable bonds is 2. The lowest BCUT2D eigenvalue weighted by atomic mass is 11.1. The Morgan fingerprint density at radius 2 is 2.14 bits per heavy atom. The largest absolute Gasteiger partial charge is 0.304 e. The standard InChI is InChI=1S/CH6N2O3S/c2-1(3)6-7(4)5/h1H,2-3H2,(H,4,5). The van der Waals surface area contributed by atoms with Crippen molar-refractivity contribution < 1.29 is 12.9 Å². The fourth-order valence-corrected chi connectivity index (χ4v) is 0.285. The van der Waals surface area contributed by atoms with E-state index in [1.54, 1.807) is 0 Å². The number of hydrogen-bond donors (Lipinski definition) is 3. The Morgan fingerprint density at radius 3 is 2.14 bits per heavy atom. The van der Waals surface area contributed by atoms with Crippen molar-refractivity contribution >= 4 is 11.4 Å². The quantitative estimate of drug-likeness (QED) is 0.304. The maximum Gasteiger partial charge on any atom is 0.304 e. The van der Waals surface area contributed by atoms with Crippen LogP contribution >= 0.6 is 0 Å². The lowest BCUT2D eigenvalue weighted by Crippen LogP contribution is -2.33. The van der Waals surface area contributed by atoms with Gasteiger partial charge in [0.15, 0.2) is 6.35 Å². The molecule has 0 fully saturated rings. The Labute approximate surface area is 43.1 Å². The van der Waals surface area contributed by atoms with Crippen LogP contribution in [-0.2, 0) is 15.5 Å². The molecule has 1 unspecified atom stereocenters. The first-order valence-electron chi connectivity index (χ1n) is 1.42. The van der Waals surface area contributed by atoms with Gasteiger partial charge in [0.1, 0.15) is 0 Å². The molecule has 0 saturated carbocycles. The lowest BCUT2D eigenvalue weighted by molar-refractivity contribution is 0.219. The van der Waals surface area contributed by atoms with Crippen molar-refractivity contribution in [3.8, 4) is 0 Å². The van der Waals surface area contributed by atoms with E-state index in [2.05, 4.69) is 4.18 Å². The molecule has 7 heavy (non-hydrogen) atoms. The van der Waals surface area contributed by atoms with Crippen LogP contribution in [-0.4, -0.2) is 15.1 Å². The van der Waals surface area contributed by atoms with Crippen LogP contribution in [0.4, 0.5) is 0 Å². The molecular weight excluding hydrogens is 120 g/mol. The zero-order valence-corrected chi connectivity index (χ0v) is 4.22. The third kappa shape index (κ3) is 5.99. The van der Waals surface area contributed by atoms with Gasteiger partial charge in [-0.25, -0.2) is 4.18 Å². The predicted octanol–water partition coefficient (Wildman–Crippen LogP) is -1.66. The first kappa shape index (κ1) is 6.99. The fraction of sp³-hybridized carbons (Fsp3) is 1.00. The van der Waals surface area contributed by atoms with Gasteiger partial charge in [0.25, 0.3) is 0 Å².